The lowest BCUT2D eigenvalue weighted by Crippen LogP contribution is -2.37. The molecule has 1 aliphatic rings. The first-order valence-corrected chi connectivity index (χ1v) is 9.78. The number of guanidine groups is 1. The summed E-state index contributed by atoms with van der Waals surface area (Å²) in [6.07, 6.45) is 2.53. The zero-order valence-corrected chi connectivity index (χ0v) is 16.7. The molecule has 1 unspecified atom stereocenters. The molecule has 1 aromatic carbocycles. The van der Waals surface area contributed by atoms with Crippen molar-refractivity contribution in [1.82, 2.24) is 10.2 Å². The number of hydrogen-bond acceptors (Lipinski definition) is 4. The zero-order valence-electron chi connectivity index (χ0n) is 16.7. The molecule has 1 saturated heterocycles. The number of likely N-dealkylation sites (tertiary alicyclic amines) is 1. The van der Waals surface area contributed by atoms with E-state index in [9.17, 15) is 0 Å². The molecule has 0 aliphatic carbocycles. The largest absolute Gasteiger partial charge is 0.493 e. The Morgan fingerprint density at radius 1 is 1.27 bits per heavy atom. The summed E-state index contributed by atoms with van der Waals surface area (Å²) in [4.78, 5) is 7.33. The monoisotopic (exact) mass is 362 g/mol. The Hall–Kier alpha value is -1.95. The average Bonchev–Trinajstić information content (AvgIpc) is 2.67. The Morgan fingerprint density at radius 3 is 2.81 bits per heavy atom. The molecule has 1 heterocycles. The zero-order chi connectivity index (χ0) is 18.8. The van der Waals surface area contributed by atoms with Crippen molar-refractivity contribution >= 4 is 11.6 Å². The van der Waals surface area contributed by atoms with E-state index in [1.165, 1.54) is 19.4 Å². The van der Waals surface area contributed by atoms with Crippen LogP contribution < -0.4 is 20.1 Å². The summed E-state index contributed by atoms with van der Waals surface area (Å²) in [6.45, 7) is 12.1. The molecule has 1 atom stereocenters. The van der Waals surface area contributed by atoms with E-state index in [2.05, 4.69) is 29.4 Å². The smallest absolute Gasteiger partial charge is 0.195 e. The van der Waals surface area contributed by atoms with Gasteiger partial charge in [0, 0.05) is 31.4 Å². The molecule has 146 valence electrons. The Morgan fingerprint density at radius 2 is 2.12 bits per heavy atom. The Labute approximate surface area is 158 Å². The van der Waals surface area contributed by atoms with Crippen LogP contribution in [0.5, 0.6) is 11.5 Å². The van der Waals surface area contributed by atoms with E-state index < -0.39 is 0 Å². The standard InChI is InChI=1S/C20H34N4O2/c1-5-21-20(22-14-16-9-8-12-24(6-2)15-16)23-17-10-11-18(25-4)19(13-17)26-7-3/h10-11,13,16H,5-9,12,14-15H2,1-4H3,(H2,21,22,23). The molecule has 2 rings (SSSR count). The summed E-state index contributed by atoms with van der Waals surface area (Å²) in [7, 11) is 1.65. The number of hydrogen-bond donors (Lipinski definition) is 2. The number of nitrogens with zero attached hydrogens (tertiary/aromatic N) is 2. The second-order valence-electron chi connectivity index (χ2n) is 6.54. The number of rotatable bonds is 8. The van der Waals surface area contributed by atoms with Crippen LogP contribution in [0.1, 0.15) is 33.6 Å². The van der Waals surface area contributed by atoms with Crippen molar-refractivity contribution in [3.05, 3.63) is 18.2 Å². The fourth-order valence-electron chi connectivity index (χ4n) is 3.27. The normalized spacial score (nSPS) is 18.5. The molecule has 1 fully saturated rings. The van der Waals surface area contributed by atoms with Gasteiger partial charge in [0.1, 0.15) is 0 Å². The Balaban J connectivity index is 2.03. The van der Waals surface area contributed by atoms with Gasteiger partial charge in [0.15, 0.2) is 17.5 Å². The van der Waals surface area contributed by atoms with E-state index >= 15 is 0 Å². The topological polar surface area (TPSA) is 58.1 Å². The van der Waals surface area contributed by atoms with Crippen LogP contribution in [0.2, 0.25) is 0 Å². The second kappa shape index (κ2) is 10.9. The molecule has 26 heavy (non-hydrogen) atoms. The van der Waals surface area contributed by atoms with Gasteiger partial charge in [-0.15, -0.1) is 0 Å². The van der Waals surface area contributed by atoms with E-state index in [4.69, 9.17) is 14.5 Å². The van der Waals surface area contributed by atoms with Crippen molar-refractivity contribution in [2.45, 2.75) is 33.6 Å². The minimum atomic E-state index is 0.601. The number of nitrogens with one attached hydrogen (secondary N) is 2. The summed E-state index contributed by atoms with van der Waals surface area (Å²) < 4.78 is 11.0. The molecule has 0 amide bonds. The predicted octanol–water partition coefficient (Wildman–Crippen LogP) is 3.20. The third-order valence-corrected chi connectivity index (χ3v) is 4.63. The van der Waals surface area contributed by atoms with Gasteiger partial charge >= 0.3 is 0 Å². The van der Waals surface area contributed by atoms with E-state index in [-0.39, 0.29) is 0 Å². The van der Waals surface area contributed by atoms with Gasteiger partial charge in [-0.2, -0.15) is 0 Å². The Bertz CT molecular complexity index is 577. The summed E-state index contributed by atoms with van der Waals surface area (Å²) in [6, 6.07) is 5.85. The summed E-state index contributed by atoms with van der Waals surface area (Å²) in [5, 5.41) is 6.71. The molecule has 0 spiro atoms. The SMILES string of the molecule is CCNC(=NCC1CCCN(CC)C1)Nc1ccc(OC)c(OCC)c1. The van der Waals surface area contributed by atoms with Gasteiger partial charge in [0.2, 0.25) is 0 Å². The van der Waals surface area contributed by atoms with E-state index in [0.717, 1.165) is 49.3 Å². The van der Waals surface area contributed by atoms with Crippen molar-refractivity contribution in [3.63, 3.8) is 0 Å². The highest BCUT2D eigenvalue weighted by atomic mass is 16.5. The van der Waals surface area contributed by atoms with Crippen molar-refractivity contribution in [2.24, 2.45) is 10.9 Å². The van der Waals surface area contributed by atoms with Gasteiger partial charge in [-0.3, -0.25) is 4.99 Å². The lowest BCUT2D eigenvalue weighted by atomic mass is 9.98. The number of piperidine rings is 1. The molecule has 2 N–H and O–H groups in total. The minimum absolute atomic E-state index is 0.601. The highest BCUT2D eigenvalue weighted by molar-refractivity contribution is 5.93. The fourth-order valence-corrected chi connectivity index (χ4v) is 3.27. The molecule has 0 bridgehead atoms. The quantitative estimate of drug-likeness (QED) is 0.549. The van der Waals surface area contributed by atoms with Gasteiger partial charge in [0.25, 0.3) is 0 Å². The predicted molar refractivity (Wildman–Crippen MR) is 109 cm³/mol. The third kappa shape index (κ3) is 6.09. The third-order valence-electron chi connectivity index (χ3n) is 4.63. The number of ether oxygens (including phenoxy) is 2. The lowest BCUT2D eigenvalue weighted by Gasteiger charge is -2.31. The number of aliphatic imine (C=N–C) groups is 1. The average molecular weight is 363 g/mol. The molecule has 1 aliphatic heterocycles. The first-order chi connectivity index (χ1) is 12.7. The van der Waals surface area contributed by atoms with E-state index in [1.54, 1.807) is 7.11 Å². The molecule has 1 aromatic rings. The molecule has 0 radical (unpaired) electrons. The molecule has 6 heteroatoms. The van der Waals surface area contributed by atoms with Crippen LogP contribution in [0.25, 0.3) is 0 Å². The number of anilines is 1. The summed E-state index contributed by atoms with van der Waals surface area (Å²) in [5.74, 6) is 2.92. The van der Waals surface area contributed by atoms with Crippen LogP contribution in [0.15, 0.2) is 23.2 Å². The second-order valence-corrected chi connectivity index (χ2v) is 6.54. The van der Waals surface area contributed by atoms with Crippen LogP contribution >= 0.6 is 0 Å². The number of methoxy groups -OCH3 is 1. The minimum Gasteiger partial charge on any atom is -0.493 e. The van der Waals surface area contributed by atoms with Gasteiger partial charge < -0.3 is 25.0 Å². The van der Waals surface area contributed by atoms with Crippen molar-refractivity contribution in [1.29, 1.82) is 0 Å². The highest BCUT2D eigenvalue weighted by Crippen LogP contribution is 2.30. The maximum Gasteiger partial charge on any atom is 0.195 e. The van der Waals surface area contributed by atoms with Crippen molar-refractivity contribution in [3.8, 4) is 11.5 Å². The Kier molecular flexibility index (Phi) is 8.54. The van der Waals surface area contributed by atoms with Crippen LogP contribution in [-0.4, -0.2) is 57.3 Å². The first-order valence-electron chi connectivity index (χ1n) is 9.78. The molecule has 0 saturated carbocycles. The molecule has 0 aromatic heterocycles. The lowest BCUT2D eigenvalue weighted by molar-refractivity contribution is 0.187. The molecular weight excluding hydrogens is 328 g/mol. The van der Waals surface area contributed by atoms with Crippen molar-refractivity contribution in [2.75, 3.05) is 51.8 Å². The van der Waals surface area contributed by atoms with Gasteiger partial charge in [0.05, 0.1) is 13.7 Å². The van der Waals surface area contributed by atoms with Gasteiger partial charge in [-0.1, -0.05) is 6.92 Å². The maximum absolute atomic E-state index is 5.66. The maximum atomic E-state index is 5.66. The van der Waals surface area contributed by atoms with Crippen molar-refractivity contribution < 1.29 is 9.47 Å². The van der Waals surface area contributed by atoms with Crippen LogP contribution in [-0.2, 0) is 0 Å². The molecular formula is C20H34N4O2. The van der Waals surface area contributed by atoms with Crippen LogP contribution in [0.3, 0.4) is 0 Å². The summed E-state index contributed by atoms with van der Waals surface area (Å²) in [5.41, 5.74) is 0.938. The highest BCUT2D eigenvalue weighted by Gasteiger charge is 2.18. The summed E-state index contributed by atoms with van der Waals surface area (Å²) >= 11 is 0. The van der Waals surface area contributed by atoms with E-state index in [1.807, 2.05) is 25.1 Å². The fraction of sp³-hybridized carbons (Fsp3) is 0.650. The van der Waals surface area contributed by atoms with E-state index in [0.29, 0.717) is 12.5 Å². The molecule has 6 nitrogen and oxygen atoms in total. The van der Waals surface area contributed by atoms with Crippen LogP contribution in [0.4, 0.5) is 5.69 Å². The van der Waals surface area contributed by atoms with Gasteiger partial charge in [-0.25, -0.2) is 0 Å². The van der Waals surface area contributed by atoms with Gasteiger partial charge in [-0.05, 0) is 57.8 Å². The first kappa shape index (κ1) is 20.4. The van der Waals surface area contributed by atoms with Crippen LogP contribution in [0, 0.1) is 5.92 Å². The number of benzene rings is 1.